The number of nitrogens with zero attached hydrogens (tertiary/aromatic N) is 3. The molecule has 27 heavy (non-hydrogen) atoms. The first kappa shape index (κ1) is 16.9. The van der Waals surface area contributed by atoms with E-state index >= 15 is 0 Å². The van der Waals surface area contributed by atoms with Crippen LogP contribution in [-0.2, 0) is 0 Å². The van der Waals surface area contributed by atoms with E-state index in [1.165, 1.54) is 16.7 Å². The van der Waals surface area contributed by atoms with Crippen LogP contribution in [0.3, 0.4) is 0 Å². The molecule has 2 heterocycles. The van der Waals surface area contributed by atoms with Crippen LogP contribution in [0.15, 0.2) is 70.8 Å². The van der Waals surface area contributed by atoms with Crippen molar-refractivity contribution in [3.63, 3.8) is 0 Å². The van der Waals surface area contributed by atoms with Gasteiger partial charge in [-0.2, -0.15) is 0 Å². The van der Waals surface area contributed by atoms with Gasteiger partial charge in [-0.05, 0) is 47.9 Å². The smallest absolute Gasteiger partial charge is 0.268 e. The van der Waals surface area contributed by atoms with E-state index in [1.54, 1.807) is 47.7 Å². The van der Waals surface area contributed by atoms with E-state index in [4.69, 9.17) is 0 Å². The molecular weight excluding hydrogens is 362 g/mol. The van der Waals surface area contributed by atoms with Crippen molar-refractivity contribution in [3.05, 3.63) is 97.2 Å². The highest BCUT2D eigenvalue weighted by atomic mass is 32.1. The Bertz CT molecular complexity index is 1210. The number of thiophene rings is 1. The molecule has 6 nitrogen and oxygen atoms in total. The van der Waals surface area contributed by atoms with Gasteiger partial charge in [0.05, 0.1) is 21.5 Å². The third kappa shape index (κ3) is 3.28. The summed E-state index contributed by atoms with van der Waals surface area (Å²) in [6.07, 6.45) is 3.67. The summed E-state index contributed by atoms with van der Waals surface area (Å²) in [5.74, 6) is 0.459. The zero-order chi connectivity index (χ0) is 18.8. The molecule has 0 bridgehead atoms. The first-order valence-electron chi connectivity index (χ1n) is 8.12. The van der Waals surface area contributed by atoms with Crippen LogP contribution in [-0.4, -0.2) is 14.5 Å². The molecule has 0 unspecified atom stereocenters. The molecule has 0 amide bonds. The van der Waals surface area contributed by atoms with E-state index in [1.807, 2.05) is 29.7 Å². The number of hydrogen-bond donors (Lipinski definition) is 0. The average molecular weight is 375 g/mol. The lowest BCUT2D eigenvalue weighted by Gasteiger charge is -2.11. The van der Waals surface area contributed by atoms with Crippen molar-refractivity contribution >= 4 is 40.1 Å². The van der Waals surface area contributed by atoms with Crippen LogP contribution in [0.2, 0.25) is 0 Å². The van der Waals surface area contributed by atoms with Gasteiger partial charge in [0, 0.05) is 17.0 Å². The molecule has 2 aromatic carbocycles. The number of benzene rings is 2. The van der Waals surface area contributed by atoms with E-state index < -0.39 is 4.92 Å². The lowest BCUT2D eigenvalue weighted by molar-refractivity contribution is -0.384. The zero-order valence-corrected chi connectivity index (χ0v) is 14.8. The lowest BCUT2D eigenvalue weighted by atomic mass is 10.2. The van der Waals surface area contributed by atoms with Gasteiger partial charge in [0.15, 0.2) is 0 Å². The molecule has 0 saturated carbocycles. The quantitative estimate of drug-likeness (QED) is 0.388. The molecular formula is C20H13N3O3S. The van der Waals surface area contributed by atoms with Crippen molar-refractivity contribution in [1.82, 2.24) is 9.55 Å². The third-order valence-electron chi connectivity index (χ3n) is 4.06. The standard InChI is InChI=1S/C20H13N3O3S/c24-20-17-5-1-2-6-18(17)21-19(12-11-16-4-3-13-27-16)22(20)14-7-9-15(10-8-14)23(25)26/h1-13H/b12-11+. The van der Waals surface area contributed by atoms with Crippen LogP contribution in [0, 0.1) is 10.1 Å². The molecule has 0 atom stereocenters. The molecule has 0 spiro atoms. The first-order chi connectivity index (χ1) is 13.1. The predicted octanol–water partition coefficient (Wildman–Crippen LogP) is 4.53. The largest absolute Gasteiger partial charge is 0.269 e. The van der Waals surface area contributed by atoms with E-state index in [-0.39, 0.29) is 11.2 Å². The average Bonchev–Trinajstić information content (AvgIpc) is 3.20. The molecule has 0 aliphatic carbocycles. The number of aromatic nitrogens is 2. The van der Waals surface area contributed by atoms with Crippen LogP contribution in [0.1, 0.15) is 10.7 Å². The van der Waals surface area contributed by atoms with E-state index in [0.717, 1.165) is 4.88 Å². The van der Waals surface area contributed by atoms with Crippen molar-refractivity contribution < 1.29 is 4.92 Å². The van der Waals surface area contributed by atoms with Gasteiger partial charge in [-0.3, -0.25) is 19.5 Å². The van der Waals surface area contributed by atoms with E-state index in [9.17, 15) is 14.9 Å². The van der Waals surface area contributed by atoms with E-state index in [0.29, 0.717) is 22.4 Å². The van der Waals surface area contributed by atoms with Gasteiger partial charge in [-0.1, -0.05) is 18.2 Å². The van der Waals surface area contributed by atoms with Crippen molar-refractivity contribution in [1.29, 1.82) is 0 Å². The topological polar surface area (TPSA) is 78.0 Å². The lowest BCUT2D eigenvalue weighted by Crippen LogP contribution is -2.22. The summed E-state index contributed by atoms with van der Waals surface area (Å²) in [7, 11) is 0. The number of fused-ring (bicyclic) bond motifs is 1. The Balaban J connectivity index is 1.93. The second kappa shape index (κ2) is 6.97. The maximum absolute atomic E-state index is 13.1. The Morgan fingerprint density at radius 2 is 1.78 bits per heavy atom. The summed E-state index contributed by atoms with van der Waals surface area (Å²) in [6, 6.07) is 16.9. The van der Waals surface area contributed by atoms with Gasteiger partial charge in [0.25, 0.3) is 11.2 Å². The zero-order valence-electron chi connectivity index (χ0n) is 14.0. The third-order valence-corrected chi connectivity index (χ3v) is 4.90. The Morgan fingerprint density at radius 1 is 1.00 bits per heavy atom. The second-order valence-corrected chi connectivity index (χ2v) is 6.73. The van der Waals surface area contributed by atoms with Gasteiger partial charge in [-0.15, -0.1) is 11.3 Å². The highest BCUT2D eigenvalue weighted by Gasteiger charge is 2.12. The Labute approximate surface area is 157 Å². The van der Waals surface area contributed by atoms with Gasteiger partial charge in [0.1, 0.15) is 5.82 Å². The molecule has 0 fully saturated rings. The monoisotopic (exact) mass is 375 g/mol. The molecule has 0 N–H and O–H groups in total. The van der Waals surface area contributed by atoms with Crippen molar-refractivity contribution in [2.24, 2.45) is 0 Å². The number of hydrogen-bond acceptors (Lipinski definition) is 5. The summed E-state index contributed by atoms with van der Waals surface area (Å²) in [5, 5.41) is 13.4. The van der Waals surface area contributed by atoms with Crippen molar-refractivity contribution in [2.75, 3.05) is 0 Å². The SMILES string of the molecule is O=c1c2ccccc2nc(/C=C/c2cccs2)n1-c1ccc([N+](=O)[O-])cc1. The summed E-state index contributed by atoms with van der Waals surface area (Å²) in [6.45, 7) is 0. The minimum atomic E-state index is -0.469. The maximum atomic E-state index is 13.1. The Kier molecular flexibility index (Phi) is 4.35. The molecule has 0 radical (unpaired) electrons. The van der Waals surface area contributed by atoms with Gasteiger partial charge < -0.3 is 0 Å². The summed E-state index contributed by atoms with van der Waals surface area (Å²) < 4.78 is 1.47. The Hall–Kier alpha value is -3.58. The van der Waals surface area contributed by atoms with Crippen molar-refractivity contribution in [3.8, 4) is 5.69 Å². The first-order valence-corrected chi connectivity index (χ1v) is 9.00. The summed E-state index contributed by atoms with van der Waals surface area (Å²) in [4.78, 5) is 29.2. The van der Waals surface area contributed by atoms with Crippen LogP contribution in [0.4, 0.5) is 5.69 Å². The van der Waals surface area contributed by atoms with Gasteiger partial charge >= 0.3 is 0 Å². The highest BCUT2D eigenvalue weighted by Crippen LogP contribution is 2.19. The number of para-hydroxylation sites is 1. The number of nitro benzene ring substituents is 1. The molecule has 0 aliphatic rings. The van der Waals surface area contributed by atoms with E-state index in [2.05, 4.69) is 4.98 Å². The summed E-state index contributed by atoms with van der Waals surface area (Å²) >= 11 is 1.58. The van der Waals surface area contributed by atoms with Crippen molar-refractivity contribution in [2.45, 2.75) is 0 Å². The van der Waals surface area contributed by atoms with Crippen LogP contribution < -0.4 is 5.56 Å². The normalized spacial score (nSPS) is 11.3. The summed E-state index contributed by atoms with van der Waals surface area (Å²) in [5.41, 5.74) is 0.873. The second-order valence-electron chi connectivity index (χ2n) is 5.75. The minimum absolute atomic E-state index is 0.0313. The highest BCUT2D eigenvalue weighted by molar-refractivity contribution is 7.10. The molecule has 132 valence electrons. The molecule has 7 heteroatoms. The molecule has 0 saturated heterocycles. The molecule has 4 rings (SSSR count). The predicted molar refractivity (Wildman–Crippen MR) is 107 cm³/mol. The Morgan fingerprint density at radius 3 is 2.48 bits per heavy atom. The minimum Gasteiger partial charge on any atom is -0.268 e. The number of rotatable bonds is 4. The number of nitro groups is 1. The van der Waals surface area contributed by atoms with Crippen LogP contribution >= 0.6 is 11.3 Å². The van der Waals surface area contributed by atoms with Crippen LogP contribution in [0.25, 0.3) is 28.7 Å². The fraction of sp³-hybridized carbons (Fsp3) is 0. The van der Waals surface area contributed by atoms with Gasteiger partial charge in [-0.25, -0.2) is 4.98 Å². The molecule has 0 aliphatic heterocycles. The molecule has 4 aromatic rings. The fourth-order valence-corrected chi connectivity index (χ4v) is 3.40. The van der Waals surface area contributed by atoms with Gasteiger partial charge in [0.2, 0.25) is 0 Å². The van der Waals surface area contributed by atoms with Crippen LogP contribution in [0.5, 0.6) is 0 Å². The number of non-ortho nitro benzene ring substituents is 1. The molecule has 2 aromatic heterocycles. The maximum Gasteiger partial charge on any atom is 0.269 e. The fourth-order valence-electron chi connectivity index (χ4n) is 2.78.